The van der Waals surface area contributed by atoms with Crippen molar-refractivity contribution in [2.45, 2.75) is 20.0 Å². The van der Waals surface area contributed by atoms with Crippen LogP contribution < -0.4 is 9.46 Å². The van der Waals surface area contributed by atoms with Crippen LogP contribution in [0.2, 0.25) is 5.02 Å². The normalized spacial score (nSPS) is 14.4. The molecule has 0 bridgehead atoms. The quantitative estimate of drug-likeness (QED) is 0.781. The maximum atomic E-state index is 12.0. The van der Waals surface area contributed by atoms with Gasteiger partial charge >= 0.3 is 0 Å². The Morgan fingerprint density at radius 1 is 1.45 bits per heavy atom. The van der Waals surface area contributed by atoms with Gasteiger partial charge < -0.3 is 4.74 Å². The number of hydrogen-bond donors (Lipinski definition) is 1. The van der Waals surface area contributed by atoms with Crippen LogP contribution in [0.1, 0.15) is 13.8 Å². The molecule has 1 N–H and O–H groups in total. The van der Waals surface area contributed by atoms with Crippen LogP contribution in [0.25, 0.3) is 0 Å². The van der Waals surface area contributed by atoms with Gasteiger partial charge in [0, 0.05) is 25.2 Å². The third kappa shape index (κ3) is 6.20. The summed E-state index contributed by atoms with van der Waals surface area (Å²) < 4.78 is 33.2. The summed E-state index contributed by atoms with van der Waals surface area (Å²) in [5.74, 6) is 0.201. The summed E-state index contributed by atoms with van der Waals surface area (Å²) in [6.45, 7) is 3.66. The third-order valence-electron chi connectivity index (χ3n) is 2.85. The molecule has 122 valence electrons. The lowest BCUT2D eigenvalue weighted by atomic mass is 10.2. The summed E-state index contributed by atoms with van der Waals surface area (Å²) in [7, 11) is -2.21. The topological polar surface area (TPSA) is 82.4 Å². The van der Waals surface area contributed by atoms with Crippen LogP contribution >= 0.6 is 11.6 Å². The van der Waals surface area contributed by atoms with E-state index >= 15 is 0 Å². The molecule has 0 saturated heterocycles. The average Bonchev–Trinajstić information content (AvgIpc) is 2.45. The first kappa shape index (κ1) is 18.7. The molecule has 0 aliphatic rings. The van der Waals surface area contributed by atoms with Crippen molar-refractivity contribution in [3.8, 4) is 11.8 Å². The third-order valence-corrected chi connectivity index (χ3v) is 4.58. The Bertz CT molecular complexity index is 630. The van der Waals surface area contributed by atoms with Crippen molar-refractivity contribution in [3.63, 3.8) is 0 Å². The summed E-state index contributed by atoms with van der Waals surface area (Å²) in [6, 6.07) is 8.89. The van der Waals surface area contributed by atoms with Gasteiger partial charge in [0.2, 0.25) is 0 Å². The summed E-state index contributed by atoms with van der Waals surface area (Å²) >= 11 is 5.86. The molecular weight excluding hydrogens is 326 g/mol. The molecule has 0 fully saturated rings. The predicted molar refractivity (Wildman–Crippen MR) is 85.9 cm³/mol. The van der Waals surface area contributed by atoms with Gasteiger partial charge in [0.15, 0.2) is 0 Å². The summed E-state index contributed by atoms with van der Waals surface area (Å²) in [4.78, 5) is 0. The molecule has 1 rings (SSSR count). The van der Waals surface area contributed by atoms with E-state index in [-0.39, 0.29) is 25.1 Å². The molecule has 0 saturated carbocycles. The van der Waals surface area contributed by atoms with Crippen molar-refractivity contribution >= 4 is 21.8 Å². The van der Waals surface area contributed by atoms with Crippen LogP contribution in [-0.4, -0.2) is 39.0 Å². The minimum absolute atomic E-state index is 0.111. The van der Waals surface area contributed by atoms with Crippen molar-refractivity contribution in [1.82, 2.24) is 9.03 Å². The highest BCUT2D eigenvalue weighted by Crippen LogP contribution is 2.18. The van der Waals surface area contributed by atoms with Gasteiger partial charge in [-0.15, -0.1) is 0 Å². The summed E-state index contributed by atoms with van der Waals surface area (Å²) in [6.07, 6.45) is -0.366. The number of halogens is 1. The average molecular weight is 346 g/mol. The van der Waals surface area contributed by atoms with Gasteiger partial charge in [-0.25, -0.2) is 0 Å². The van der Waals surface area contributed by atoms with Gasteiger partial charge in [0.05, 0.1) is 12.0 Å². The molecule has 1 aromatic carbocycles. The Balaban J connectivity index is 2.52. The Labute approximate surface area is 136 Å². The lowest BCUT2D eigenvalue weighted by Crippen LogP contribution is -2.43. The van der Waals surface area contributed by atoms with E-state index in [9.17, 15) is 8.42 Å². The molecule has 0 aromatic heterocycles. The maximum absolute atomic E-state index is 12.0. The first-order valence-electron chi connectivity index (χ1n) is 6.77. The maximum Gasteiger partial charge on any atom is 0.279 e. The number of nitriles is 1. The standard InChI is InChI=1S/C14H20ClN3O3S/c1-11(8-16)10-18(3)22(19,20)17-9-12(2)21-14-6-4-5-13(15)7-14/h4-7,11-12,17H,9-10H2,1-3H3. The molecule has 2 unspecified atom stereocenters. The number of ether oxygens (including phenoxy) is 1. The lowest BCUT2D eigenvalue weighted by Gasteiger charge is -2.21. The molecule has 0 radical (unpaired) electrons. The first-order chi connectivity index (χ1) is 10.2. The fourth-order valence-electron chi connectivity index (χ4n) is 1.67. The summed E-state index contributed by atoms with van der Waals surface area (Å²) in [5.41, 5.74) is 0. The van der Waals surface area contributed by atoms with Crippen molar-refractivity contribution < 1.29 is 13.2 Å². The van der Waals surface area contributed by atoms with Gasteiger partial charge in [0.25, 0.3) is 10.2 Å². The molecular formula is C14H20ClN3O3S. The van der Waals surface area contributed by atoms with Crippen molar-refractivity contribution in [3.05, 3.63) is 29.3 Å². The molecule has 0 aliphatic heterocycles. The predicted octanol–water partition coefficient (Wildman–Crippen LogP) is 2.03. The molecule has 0 heterocycles. The Morgan fingerprint density at radius 2 is 2.14 bits per heavy atom. The van der Waals surface area contributed by atoms with Gasteiger partial charge in [-0.1, -0.05) is 17.7 Å². The fourth-order valence-corrected chi connectivity index (χ4v) is 2.94. The van der Waals surface area contributed by atoms with Crippen molar-refractivity contribution in [2.75, 3.05) is 20.1 Å². The highest BCUT2D eigenvalue weighted by Gasteiger charge is 2.20. The smallest absolute Gasteiger partial charge is 0.279 e. The van der Waals surface area contributed by atoms with E-state index in [1.54, 1.807) is 38.1 Å². The van der Waals surface area contributed by atoms with Gasteiger partial charge in [-0.2, -0.15) is 22.7 Å². The Kier molecular flexibility index (Phi) is 7.10. The summed E-state index contributed by atoms with van der Waals surface area (Å²) in [5, 5.41) is 9.28. The van der Waals surface area contributed by atoms with Crippen molar-refractivity contribution in [2.24, 2.45) is 5.92 Å². The van der Waals surface area contributed by atoms with E-state index in [2.05, 4.69) is 4.72 Å². The van der Waals surface area contributed by atoms with E-state index in [0.29, 0.717) is 10.8 Å². The van der Waals surface area contributed by atoms with Crippen LogP contribution in [0.3, 0.4) is 0 Å². The number of rotatable bonds is 8. The second-order valence-electron chi connectivity index (χ2n) is 5.05. The molecule has 0 spiro atoms. The molecule has 8 heteroatoms. The number of nitrogens with zero attached hydrogens (tertiary/aromatic N) is 2. The highest BCUT2D eigenvalue weighted by atomic mass is 35.5. The van der Waals surface area contributed by atoms with Crippen LogP contribution in [-0.2, 0) is 10.2 Å². The zero-order valence-electron chi connectivity index (χ0n) is 12.8. The van der Waals surface area contributed by atoms with E-state index in [0.717, 1.165) is 4.31 Å². The molecule has 6 nitrogen and oxygen atoms in total. The van der Waals surface area contributed by atoms with Crippen molar-refractivity contribution in [1.29, 1.82) is 5.26 Å². The van der Waals surface area contributed by atoms with E-state index in [1.165, 1.54) is 7.05 Å². The van der Waals surface area contributed by atoms with Gasteiger partial charge in [-0.3, -0.25) is 0 Å². The van der Waals surface area contributed by atoms with E-state index < -0.39 is 10.2 Å². The molecule has 22 heavy (non-hydrogen) atoms. The largest absolute Gasteiger partial charge is 0.489 e. The van der Waals surface area contributed by atoms with E-state index in [1.807, 2.05) is 6.07 Å². The van der Waals surface area contributed by atoms with Crippen LogP contribution in [0.4, 0.5) is 0 Å². The molecule has 2 atom stereocenters. The second-order valence-corrected chi connectivity index (χ2v) is 7.35. The molecule has 1 aromatic rings. The SMILES string of the molecule is CC(C#N)CN(C)S(=O)(=O)NCC(C)Oc1cccc(Cl)c1. The minimum Gasteiger partial charge on any atom is -0.489 e. The van der Waals surface area contributed by atoms with Crippen LogP contribution in [0.5, 0.6) is 5.75 Å². The Morgan fingerprint density at radius 3 is 2.73 bits per heavy atom. The first-order valence-corrected chi connectivity index (χ1v) is 8.59. The highest BCUT2D eigenvalue weighted by molar-refractivity contribution is 7.87. The second kappa shape index (κ2) is 8.34. The van der Waals surface area contributed by atoms with Gasteiger partial charge in [-0.05, 0) is 32.0 Å². The Hall–Kier alpha value is -1.33. The number of hydrogen-bond acceptors (Lipinski definition) is 4. The fraction of sp³-hybridized carbons (Fsp3) is 0.500. The van der Waals surface area contributed by atoms with Gasteiger partial charge in [0.1, 0.15) is 11.9 Å². The monoisotopic (exact) mass is 345 g/mol. The minimum atomic E-state index is -3.63. The van der Waals surface area contributed by atoms with Crippen LogP contribution in [0.15, 0.2) is 24.3 Å². The number of benzene rings is 1. The molecule has 0 aliphatic carbocycles. The number of nitrogens with one attached hydrogen (secondary N) is 1. The zero-order chi connectivity index (χ0) is 16.8. The zero-order valence-corrected chi connectivity index (χ0v) is 14.4. The van der Waals surface area contributed by atoms with E-state index in [4.69, 9.17) is 21.6 Å². The lowest BCUT2D eigenvalue weighted by molar-refractivity contribution is 0.224. The van der Waals surface area contributed by atoms with Crippen LogP contribution in [0, 0.1) is 17.2 Å². The molecule has 0 amide bonds.